The third-order valence-corrected chi connectivity index (χ3v) is 6.51. The first-order valence-electron chi connectivity index (χ1n) is 12.1. The topological polar surface area (TPSA) is 91.8 Å². The van der Waals surface area contributed by atoms with Crippen molar-refractivity contribution < 1.29 is 19.1 Å². The van der Waals surface area contributed by atoms with E-state index < -0.39 is 5.92 Å². The zero-order valence-electron chi connectivity index (χ0n) is 20.1. The van der Waals surface area contributed by atoms with E-state index in [-0.39, 0.29) is 30.6 Å². The van der Waals surface area contributed by atoms with Crippen molar-refractivity contribution in [2.45, 2.75) is 32.7 Å². The third-order valence-electron chi connectivity index (χ3n) is 6.51. The molecule has 1 atom stereocenters. The van der Waals surface area contributed by atoms with Gasteiger partial charge >= 0.3 is 0 Å². The van der Waals surface area contributed by atoms with E-state index in [1.807, 2.05) is 55.5 Å². The molecule has 0 aliphatic carbocycles. The van der Waals surface area contributed by atoms with E-state index in [0.29, 0.717) is 57.1 Å². The molecule has 0 spiro atoms. The van der Waals surface area contributed by atoms with Crippen LogP contribution in [0, 0.1) is 5.92 Å². The normalized spacial score (nSPS) is 18.5. The molecule has 0 radical (unpaired) electrons. The average molecular weight is 477 g/mol. The lowest BCUT2D eigenvalue weighted by Crippen LogP contribution is -2.46. The number of hydrogen-bond donors (Lipinski definition) is 1. The van der Waals surface area contributed by atoms with Crippen LogP contribution in [0.25, 0.3) is 0 Å². The number of carbonyl (C=O) groups excluding carboxylic acids is 3. The Bertz CT molecular complexity index is 1070. The minimum atomic E-state index is -0.586. The SMILES string of the molecule is CC1=C(C(=O)N2CCOCC2)CC(CC(=O)NCCc2ccccn2)C(=O)N1Cc1ccccc1. The van der Waals surface area contributed by atoms with Crippen LogP contribution >= 0.6 is 0 Å². The predicted molar refractivity (Wildman–Crippen MR) is 131 cm³/mol. The van der Waals surface area contributed by atoms with Gasteiger partial charge in [0.15, 0.2) is 0 Å². The number of amides is 3. The summed E-state index contributed by atoms with van der Waals surface area (Å²) in [7, 11) is 0. The molecule has 2 aliphatic heterocycles. The Morgan fingerprint density at radius 3 is 2.54 bits per heavy atom. The summed E-state index contributed by atoms with van der Waals surface area (Å²) in [5.74, 6) is -0.976. The number of aromatic nitrogens is 1. The van der Waals surface area contributed by atoms with E-state index in [0.717, 1.165) is 11.3 Å². The lowest BCUT2D eigenvalue weighted by Gasteiger charge is -2.37. The monoisotopic (exact) mass is 476 g/mol. The summed E-state index contributed by atoms with van der Waals surface area (Å²) in [4.78, 5) is 47.3. The molecule has 3 heterocycles. The first-order valence-corrected chi connectivity index (χ1v) is 12.1. The van der Waals surface area contributed by atoms with Crippen molar-refractivity contribution in [2.24, 2.45) is 5.92 Å². The zero-order valence-corrected chi connectivity index (χ0v) is 20.1. The van der Waals surface area contributed by atoms with Crippen molar-refractivity contribution in [2.75, 3.05) is 32.8 Å². The molecular weight excluding hydrogens is 444 g/mol. The first-order chi connectivity index (χ1) is 17.0. The molecule has 1 saturated heterocycles. The van der Waals surface area contributed by atoms with Gasteiger partial charge < -0.3 is 19.9 Å². The number of hydrogen-bond acceptors (Lipinski definition) is 5. The fraction of sp³-hybridized carbons (Fsp3) is 0.407. The maximum Gasteiger partial charge on any atom is 0.251 e. The van der Waals surface area contributed by atoms with Crippen molar-refractivity contribution >= 4 is 17.7 Å². The van der Waals surface area contributed by atoms with Gasteiger partial charge in [-0.3, -0.25) is 19.4 Å². The highest BCUT2D eigenvalue weighted by atomic mass is 16.5. The molecule has 2 aromatic rings. The van der Waals surface area contributed by atoms with Gasteiger partial charge in [0.1, 0.15) is 0 Å². The molecule has 35 heavy (non-hydrogen) atoms. The Kier molecular flexibility index (Phi) is 8.26. The number of ether oxygens (including phenoxy) is 1. The van der Waals surface area contributed by atoms with Gasteiger partial charge in [0.05, 0.1) is 25.7 Å². The molecule has 8 nitrogen and oxygen atoms in total. The van der Waals surface area contributed by atoms with Crippen molar-refractivity contribution in [3.63, 3.8) is 0 Å². The Hall–Kier alpha value is -3.52. The highest BCUT2D eigenvalue weighted by Gasteiger charge is 2.37. The maximum atomic E-state index is 13.5. The smallest absolute Gasteiger partial charge is 0.251 e. The zero-order chi connectivity index (χ0) is 24.6. The molecule has 1 unspecified atom stereocenters. The summed E-state index contributed by atoms with van der Waals surface area (Å²) in [5, 5.41) is 2.90. The van der Waals surface area contributed by atoms with Gasteiger partial charge in [-0.2, -0.15) is 0 Å². The molecule has 2 aliphatic rings. The van der Waals surface area contributed by atoms with Crippen molar-refractivity contribution in [3.05, 3.63) is 77.3 Å². The highest BCUT2D eigenvalue weighted by Crippen LogP contribution is 2.32. The van der Waals surface area contributed by atoms with E-state index in [1.165, 1.54) is 0 Å². The van der Waals surface area contributed by atoms with Gasteiger partial charge in [-0.15, -0.1) is 0 Å². The number of carbonyl (C=O) groups is 3. The molecule has 8 heteroatoms. The van der Waals surface area contributed by atoms with Crippen molar-refractivity contribution in [3.8, 4) is 0 Å². The first kappa shape index (κ1) is 24.6. The fourth-order valence-electron chi connectivity index (χ4n) is 4.52. The van der Waals surface area contributed by atoms with Gasteiger partial charge in [0.2, 0.25) is 11.8 Å². The molecule has 1 aromatic heterocycles. The molecule has 184 valence electrons. The molecule has 1 aromatic carbocycles. The summed E-state index contributed by atoms with van der Waals surface area (Å²) in [5.41, 5.74) is 3.14. The van der Waals surface area contributed by atoms with Gasteiger partial charge in [0, 0.05) is 55.6 Å². The standard InChI is InChI=1S/C27H32N4O4/c1-20-24(27(34)30-13-15-35-16-14-30)17-22(26(33)31(20)19-21-7-3-2-4-8-21)18-25(32)29-12-10-23-9-5-6-11-28-23/h2-9,11,22H,10,12-19H2,1H3,(H,29,32). The second-order valence-electron chi connectivity index (χ2n) is 8.90. The molecule has 1 N–H and O–H groups in total. The molecule has 1 fully saturated rings. The number of nitrogens with zero attached hydrogens (tertiary/aromatic N) is 3. The number of rotatable bonds is 8. The lowest BCUT2D eigenvalue weighted by atomic mass is 9.88. The quantitative estimate of drug-likeness (QED) is 0.631. The summed E-state index contributed by atoms with van der Waals surface area (Å²) < 4.78 is 5.39. The number of allylic oxidation sites excluding steroid dienone is 1. The number of nitrogens with one attached hydrogen (secondary N) is 1. The molecule has 4 rings (SSSR count). The number of pyridine rings is 1. The van der Waals surface area contributed by atoms with Gasteiger partial charge in [-0.25, -0.2) is 0 Å². The second-order valence-corrected chi connectivity index (χ2v) is 8.90. The lowest BCUT2D eigenvalue weighted by molar-refractivity contribution is -0.139. The summed E-state index contributed by atoms with van der Waals surface area (Å²) in [6, 6.07) is 15.4. The predicted octanol–water partition coefficient (Wildman–Crippen LogP) is 2.31. The Morgan fingerprint density at radius 2 is 1.83 bits per heavy atom. The molecule has 0 bridgehead atoms. The Balaban J connectivity index is 1.47. The van der Waals surface area contributed by atoms with Crippen LogP contribution < -0.4 is 5.32 Å². The van der Waals surface area contributed by atoms with E-state index in [9.17, 15) is 14.4 Å². The maximum absolute atomic E-state index is 13.5. The largest absolute Gasteiger partial charge is 0.378 e. The van der Waals surface area contributed by atoms with Crippen molar-refractivity contribution in [1.29, 1.82) is 0 Å². The highest BCUT2D eigenvalue weighted by molar-refractivity contribution is 5.98. The van der Waals surface area contributed by atoms with Crippen LogP contribution in [0.4, 0.5) is 0 Å². The Labute approximate surface area is 206 Å². The van der Waals surface area contributed by atoms with E-state index >= 15 is 0 Å². The van der Waals surface area contributed by atoms with Crippen LogP contribution in [-0.2, 0) is 32.1 Å². The van der Waals surface area contributed by atoms with E-state index in [1.54, 1.807) is 16.0 Å². The van der Waals surface area contributed by atoms with Crippen LogP contribution in [0.3, 0.4) is 0 Å². The molecular formula is C27H32N4O4. The van der Waals surface area contributed by atoms with Gasteiger partial charge in [0.25, 0.3) is 5.91 Å². The van der Waals surface area contributed by atoms with Crippen LogP contribution in [-0.4, -0.2) is 65.4 Å². The van der Waals surface area contributed by atoms with Gasteiger partial charge in [-0.05, 0) is 31.0 Å². The van der Waals surface area contributed by atoms with Crippen LogP contribution in [0.5, 0.6) is 0 Å². The fourth-order valence-corrected chi connectivity index (χ4v) is 4.52. The van der Waals surface area contributed by atoms with Gasteiger partial charge in [-0.1, -0.05) is 36.4 Å². The number of benzene rings is 1. The minimum absolute atomic E-state index is 0.0412. The van der Waals surface area contributed by atoms with Crippen LogP contribution in [0.2, 0.25) is 0 Å². The van der Waals surface area contributed by atoms with Crippen LogP contribution in [0.15, 0.2) is 66.0 Å². The minimum Gasteiger partial charge on any atom is -0.378 e. The van der Waals surface area contributed by atoms with Crippen LogP contribution in [0.1, 0.15) is 31.0 Å². The molecule has 3 amide bonds. The summed E-state index contributed by atoms with van der Waals surface area (Å²) in [6.45, 7) is 4.71. The molecule has 0 saturated carbocycles. The van der Waals surface area contributed by atoms with E-state index in [2.05, 4.69) is 10.3 Å². The summed E-state index contributed by atoms with van der Waals surface area (Å²) >= 11 is 0. The second kappa shape index (κ2) is 11.8. The summed E-state index contributed by atoms with van der Waals surface area (Å²) in [6.07, 6.45) is 2.64. The van der Waals surface area contributed by atoms with E-state index in [4.69, 9.17) is 4.74 Å². The number of morpholine rings is 1. The Morgan fingerprint density at radius 1 is 1.09 bits per heavy atom. The average Bonchev–Trinajstić information content (AvgIpc) is 2.89. The van der Waals surface area contributed by atoms with Crippen molar-refractivity contribution in [1.82, 2.24) is 20.1 Å². The third kappa shape index (κ3) is 6.33.